The van der Waals surface area contributed by atoms with Crippen molar-refractivity contribution in [2.75, 3.05) is 5.73 Å². The number of H-pyrrole nitrogens is 1. The van der Waals surface area contributed by atoms with Crippen LogP contribution in [0, 0.1) is 0 Å². The molecule has 0 saturated carbocycles. The maximum Gasteiger partial charge on any atom is 0.223 e. The molecule has 0 atom stereocenters. The monoisotopic (exact) mass is 136 g/mol. The lowest BCUT2D eigenvalue weighted by Gasteiger charge is -1.85. The van der Waals surface area contributed by atoms with Gasteiger partial charge >= 0.3 is 0 Å². The van der Waals surface area contributed by atoms with E-state index in [0.29, 0.717) is 17.0 Å². The van der Waals surface area contributed by atoms with Crippen LogP contribution in [0.1, 0.15) is 0 Å². The van der Waals surface area contributed by atoms with Crippen LogP contribution in [0.2, 0.25) is 0 Å². The number of aromatic amines is 1. The number of nitrogens with zero attached hydrogens (tertiary/aromatic N) is 4. The third-order valence-corrected chi connectivity index (χ3v) is 1.11. The molecule has 0 aromatic carbocycles. The molecule has 2 aromatic heterocycles. The van der Waals surface area contributed by atoms with Crippen molar-refractivity contribution in [3.8, 4) is 0 Å². The summed E-state index contributed by atoms with van der Waals surface area (Å²) in [5.41, 5.74) is 6.52. The zero-order chi connectivity index (χ0) is 6.97. The first-order chi connectivity index (χ1) is 4.86. The van der Waals surface area contributed by atoms with Gasteiger partial charge in [0.05, 0.1) is 0 Å². The number of aromatic nitrogens is 5. The van der Waals surface area contributed by atoms with Gasteiger partial charge in [-0.15, -0.1) is 15.3 Å². The minimum atomic E-state index is 0.360. The van der Waals surface area contributed by atoms with Crippen LogP contribution in [0.4, 0.5) is 5.82 Å². The number of nitrogens with one attached hydrogen (secondary N) is 1. The molecule has 50 valence electrons. The SMILES string of the molecule is Nc1cc2[nH]nnc2nn1. The lowest BCUT2D eigenvalue weighted by molar-refractivity contribution is 0.947. The topological polar surface area (TPSA) is 93.4 Å². The molecule has 2 heterocycles. The summed E-state index contributed by atoms with van der Waals surface area (Å²) in [4.78, 5) is 0. The van der Waals surface area contributed by atoms with E-state index in [4.69, 9.17) is 5.73 Å². The number of nitrogens with two attached hydrogens (primary N) is 1. The molecule has 0 aliphatic rings. The molecule has 0 bridgehead atoms. The number of rotatable bonds is 0. The van der Waals surface area contributed by atoms with E-state index in [1.165, 1.54) is 0 Å². The van der Waals surface area contributed by atoms with E-state index in [9.17, 15) is 0 Å². The first-order valence-corrected chi connectivity index (χ1v) is 2.66. The van der Waals surface area contributed by atoms with Crippen molar-refractivity contribution >= 4 is 17.0 Å². The van der Waals surface area contributed by atoms with E-state index in [1.54, 1.807) is 6.07 Å². The Kier molecular flexibility index (Phi) is 0.830. The summed E-state index contributed by atoms with van der Waals surface area (Å²) in [6, 6.07) is 1.63. The van der Waals surface area contributed by atoms with Crippen molar-refractivity contribution in [2.45, 2.75) is 0 Å². The highest BCUT2D eigenvalue weighted by molar-refractivity contribution is 5.70. The van der Waals surface area contributed by atoms with E-state index >= 15 is 0 Å². The van der Waals surface area contributed by atoms with Gasteiger partial charge in [-0.3, -0.25) is 5.10 Å². The maximum absolute atomic E-state index is 5.33. The second-order valence-electron chi connectivity index (χ2n) is 1.82. The Morgan fingerprint density at radius 1 is 1.30 bits per heavy atom. The van der Waals surface area contributed by atoms with Gasteiger partial charge in [0.1, 0.15) is 11.3 Å². The zero-order valence-electron chi connectivity index (χ0n) is 4.94. The quantitative estimate of drug-likeness (QED) is 0.501. The Hall–Kier alpha value is -1.72. The van der Waals surface area contributed by atoms with Crippen molar-refractivity contribution in [3.63, 3.8) is 0 Å². The second-order valence-corrected chi connectivity index (χ2v) is 1.82. The molecule has 0 aliphatic heterocycles. The van der Waals surface area contributed by atoms with Gasteiger partial charge in [-0.25, -0.2) is 0 Å². The molecule has 0 amide bonds. The Bertz CT molecular complexity index is 351. The fourth-order valence-electron chi connectivity index (χ4n) is 0.683. The third-order valence-electron chi connectivity index (χ3n) is 1.11. The second kappa shape index (κ2) is 1.63. The standard InChI is InChI=1S/C4H4N6/c5-3-1-2-4(8-7-3)9-10-6-2/h1H,(H2,5,7)(H,6,8,9,10). The highest BCUT2D eigenvalue weighted by Crippen LogP contribution is 2.03. The van der Waals surface area contributed by atoms with Gasteiger partial charge in [0.25, 0.3) is 0 Å². The van der Waals surface area contributed by atoms with Gasteiger partial charge in [0.15, 0.2) is 0 Å². The minimum Gasteiger partial charge on any atom is -0.382 e. The predicted octanol–water partition coefficient (Wildman–Crippen LogP) is -0.670. The fourth-order valence-corrected chi connectivity index (χ4v) is 0.683. The van der Waals surface area contributed by atoms with E-state index in [2.05, 4.69) is 25.6 Å². The molecule has 6 heteroatoms. The van der Waals surface area contributed by atoms with Gasteiger partial charge < -0.3 is 5.73 Å². The lowest BCUT2D eigenvalue weighted by Crippen LogP contribution is -1.91. The third kappa shape index (κ3) is 0.586. The van der Waals surface area contributed by atoms with Crippen LogP contribution in [-0.4, -0.2) is 25.6 Å². The van der Waals surface area contributed by atoms with Gasteiger partial charge in [-0.1, -0.05) is 5.21 Å². The lowest BCUT2D eigenvalue weighted by atomic mass is 10.5. The number of nitrogen functional groups attached to an aromatic ring is 1. The molecule has 0 fully saturated rings. The molecule has 2 aromatic rings. The van der Waals surface area contributed by atoms with Crippen LogP contribution < -0.4 is 5.73 Å². The molecule has 0 unspecified atom stereocenters. The summed E-state index contributed by atoms with van der Waals surface area (Å²) in [6.07, 6.45) is 0. The van der Waals surface area contributed by atoms with E-state index in [-0.39, 0.29) is 0 Å². The molecular weight excluding hydrogens is 132 g/mol. The zero-order valence-corrected chi connectivity index (χ0v) is 4.94. The first-order valence-electron chi connectivity index (χ1n) is 2.66. The normalized spacial score (nSPS) is 10.4. The number of hydrogen-bond donors (Lipinski definition) is 2. The number of anilines is 1. The van der Waals surface area contributed by atoms with Crippen molar-refractivity contribution in [1.82, 2.24) is 25.6 Å². The molecule has 0 radical (unpaired) electrons. The van der Waals surface area contributed by atoms with E-state index < -0.39 is 0 Å². The Morgan fingerprint density at radius 2 is 2.20 bits per heavy atom. The van der Waals surface area contributed by atoms with Gasteiger partial charge in [-0.05, 0) is 0 Å². The van der Waals surface area contributed by atoms with E-state index in [0.717, 1.165) is 0 Å². The minimum absolute atomic E-state index is 0.360. The molecule has 3 N–H and O–H groups in total. The average molecular weight is 136 g/mol. The summed E-state index contributed by atoms with van der Waals surface area (Å²) in [5, 5.41) is 17.0. The summed E-state index contributed by atoms with van der Waals surface area (Å²) in [5.74, 6) is 0.360. The van der Waals surface area contributed by atoms with Crippen LogP contribution in [0.3, 0.4) is 0 Å². The predicted molar refractivity (Wildman–Crippen MR) is 33.9 cm³/mol. The molecule has 0 aliphatic carbocycles. The summed E-state index contributed by atoms with van der Waals surface area (Å²) >= 11 is 0. The molecule has 2 rings (SSSR count). The fraction of sp³-hybridized carbons (Fsp3) is 0. The Morgan fingerprint density at radius 3 is 3.10 bits per heavy atom. The number of hydrogen-bond acceptors (Lipinski definition) is 5. The smallest absolute Gasteiger partial charge is 0.223 e. The number of fused-ring (bicyclic) bond motifs is 1. The van der Waals surface area contributed by atoms with Gasteiger partial charge in [-0.2, -0.15) is 0 Å². The van der Waals surface area contributed by atoms with Crippen LogP contribution in [0.25, 0.3) is 11.2 Å². The van der Waals surface area contributed by atoms with E-state index in [1.807, 2.05) is 0 Å². The average Bonchev–Trinajstić information content (AvgIpc) is 2.33. The largest absolute Gasteiger partial charge is 0.382 e. The highest BCUT2D eigenvalue weighted by Gasteiger charge is 1.97. The van der Waals surface area contributed by atoms with Crippen LogP contribution in [-0.2, 0) is 0 Å². The summed E-state index contributed by atoms with van der Waals surface area (Å²) in [6.45, 7) is 0. The maximum atomic E-state index is 5.33. The first kappa shape index (κ1) is 5.10. The van der Waals surface area contributed by atoms with Gasteiger partial charge in [0.2, 0.25) is 5.65 Å². The van der Waals surface area contributed by atoms with Crippen molar-refractivity contribution in [1.29, 1.82) is 0 Å². The summed E-state index contributed by atoms with van der Waals surface area (Å²) < 4.78 is 0. The van der Waals surface area contributed by atoms with Crippen LogP contribution in [0.5, 0.6) is 0 Å². The van der Waals surface area contributed by atoms with Gasteiger partial charge in [0, 0.05) is 6.07 Å². The Balaban J connectivity index is 2.86. The van der Waals surface area contributed by atoms with Crippen LogP contribution >= 0.6 is 0 Å². The van der Waals surface area contributed by atoms with Crippen molar-refractivity contribution in [2.24, 2.45) is 0 Å². The molecule has 0 saturated heterocycles. The molecule has 10 heavy (non-hydrogen) atoms. The summed E-state index contributed by atoms with van der Waals surface area (Å²) in [7, 11) is 0. The highest BCUT2D eigenvalue weighted by atomic mass is 15.4. The van der Waals surface area contributed by atoms with Crippen molar-refractivity contribution < 1.29 is 0 Å². The Labute approximate surface area is 55.4 Å². The molecular formula is C4H4N6. The van der Waals surface area contributed by atoms with Crippen molar-refractivity contribution in [3.05, 3.63) is 6.07 Å². The van der Waals surface area contributed by atoms with Crippen LogP contribution in [0.15, 0.2) is 6.07 Å². The molecule has 0 spiro atoms. The molecule has 6 nitrogen and oxygen atoms in total.